The summed E-state index contributed by atoms with van der Waals surface area (Å²) < 4.78 is 5.40. The van der Waals surface area contributed by atoms with Gasteiger partial charge in [0.25, 0.3) is 0 Å². The third-order valence-corrected chi connectivity index (χ3v) is 3.60. The molecule has 1 aliphatic rings. The van der Waals surface area contributed by atoms with Crippen LogP contribution < -0.4 is 16.0 Å². The molecule has 1 atom stereocenters. The van der Waals surface area contributed by atoms with E-state index in [0.717, 1.165) is 58.4 Å². The molecule has 1 saturated heterocycles. The number of hydrogen-bond donors (Lipinski definition) is 3. The lowest BCUT2D eigenvalue weighted by atomic mass is 10.1. The van der Waals surface area contributed by atoms with Gasteiger partial charge >= 0.3 is 0 Å². The van der Waals surface area contributed by atoms with E-state index in [9.17, 15) is 0 Å². The quantitative estimate of drug-likeness (QED) is 0.366. The molecule has 0 aromatic rings. The highest BCUT2D eigenvalue weighted by Gasteiger charge is 2.16. The summed E-state index contributed by atoms with van der Waals surface area (Å²) in [6, 6.07) is 0.451. The fourth-order valence-corrected chi connectivity index (χ4v) is 2.32. The Morgan fingerprint density at radius 2 is 1.86 bits per heavy atom. The van der Waals surface area contributed by atoms with E-state index in [-0.39, 0.29) is 5.54 Å². The summed E-state index contributed by atoms with van der Waals surface area (Å²) >= 11 is 0. The molecule has 3 N–H and O–H groups in total. The van der Waals surface area contributed by atoms with Crippen molar-refractivity contribution in [3.63, 3.8) is 0 Å². The monoisotopic (exact) mass is 313 g/mol. The molecule has 0 saturated carbocycles. The second kappa shape index (κ2) is 10.0. The Balaban J connectivity index is 2.33. The fraction of sp³-hybridized carbons (Fsp3) is 0.938. The van der Waals surface area contributed by atoms with Gasteiger partial charge in [0.05, 0.1) is 19.8 Å². The topological polar surface area (TPSA) is 60.9 Å². The first-order valence-electron chi connectivity index (χ1n) is 8.51. The lowest BCUT2D eigenvalue weighted by molar-refractivity contribution is 0.0220. The van der Waals surface area contributed by atoms with E-state index < -0.39 is 0 Å². The third-order valence-electron chi connectivity index (χ3n) is 3.60. The van der Waals surface area contributed by atoms with Crippen molar-refractivity contribution in [2.75, 3.05) is 52.5 Å². The van der Waals surface area contributed by atoms with Crippen LogP contribution in [0.1, 0.15) is 34.6 Å². The molecule has 0 aromatic carbocycles. The highest BCUT2D eigenvalue weighted by atomic mass is 16.5. The maximum Gasteiger partial charge on any atom is 0.191 e. The van der Waals surface area contributed by atoms with E-state index in [0.29, 0.717) is 6.04 Å². The van der Waals surface area contributed by atoms with Crippen LogP contribution in [0, 0.1) is 0 Å². The number of ether oxygens (including phenoxy) is 1. The van der Waals surface area contributed by atoms with Crippen molar-refractivity contribution >= 4 is 5.96 Å². The van der Waals surface area contributed by atoms with Crippen LogP contribution in [-0.2, 0) is 4.74 Å². The molecule has 0 radical (unpaired) electrons. The van der Waals surface area contributed by atoms with Gasteiger partial charge in [0.15, 0.2) is 5.96 Å². The van der Waals surface area contributed by atoms with Crippen LogP contribution in [0.15, 0.2) is 4.99 Å². The minimum absolute atomic E-state index is 0.155. The van der Waals surface area contributed by atoms with Gasteiger partial charge in [-0.2, -0.15) is 0 Å². The van der Waals surface area contributed by atoms with Crippen molar-refractivity contribution in [3.8, 4) is 0 Å². The average molecular weight is 313 g/mol. The summed E-state index contributed by atoms with van der Waals surface area (Å²) in [5.41, 5.74) is 0.155. The Labute approximate surface area is 136 Å². The van der Waals surface area contributed by atoms with Crippen molar-refractivity contribution in [2.24, 2.45) is 4.99 Å². The zero-order valence-corrected chi connectivity index (χ0v) is 15.0. The molecule has 0 bridgehead atoms. The minimum Gasteiger partial charge on any atom is -0.379 e. The van der Waals surface area contributed by atoms with Crippen LogP contribution in [0.3, 0.4) is 0 Å². The van der Waals surface area contributed by atoms with Gasteiger partial charge in [-0.25, -0.2) is 0 Å². The molecule has 130 valence electrons. The Kier molecular flexibility index (Phi) is 8.75. The van der Waals surface area contributed by atoms with E-state index in [1.54, 1.807) is 0 Å². The predicted octanol–water partition coefficient (Wildman–Crippen LogP) is 0.650. The summed E-state index contributed by atoms with van der Waals surface area (Å²) in [6.07, 6.45) is 0. The number of guanidine groups is 1. The molecule has 1 rings (SSSR count). The van der Waals surface area contributed by atoms with Crippen LogP contribution in [0.4, 0.5) is 0 Å². The molecule has 0 amide bonds. The second-order valence-corrected chi connectivity index (χ2v) is 6.82. The first kappa shape index (κ1) is 19.2. The fourth-order valence-electron chi connectivity index (χ4n) is 2.32. The van der Waals surface area contributed by atoms with Gasteiger partial charge < -0.3 is 20.7 Å². The van der Waals surface area contributed by atoms with Crippen molar-refractivity contribution < 1.29 is 4.74 Å². The second-order valence-electron chi connectivity index (χ2n) is 6.82. The van der Waals surface area contributed by atoms with Crippen molar-refractivity contribution in [2.45, 2.75) is 46.2 Å². The molecule has 0 aliphatic carbocycles. The molecule has 1 heterocycles. The van der Waals surface area contributed by atoms with Gasteiger partial charge in [-0.05, 0) is 34.6 Å². The summed E-state index contributed by atoms with van der Waals surface area (Å²) in [5, 5.41) is 10.2. The van der Waals surface area contributed by atoms with E-state index in [2.05, 4.69) is 55.5 Å². The molecule has 0 spiro atoms. The molecule has 1 aliphatic heterocycles. The number of aliphatic imine (C=N–C) groups is 1. The summed E-state index contributed by atoms with van der Waals surface area (Å²) in [5.74, 6) is 0.901. The molecule has 6 heteroatoms. The maximum absolute atomic E-state index is 5.40. The normalized spacial score (nSPS) is 19.0. The highest BCUT2D eigenvalue weighted by Crippen LogP contribution is 2.03. The Morgan fingerprint density at radius 1 is 1.18 bits per heavy atom. The predicted molar refractivity (Wildman–Crippen MR) is 93.6 cm³/mol. The first-order valence-corrected chi connectivity index (χ1v) is 8.51. The number of rotatable bonds is 7. The summed E-state index contributed by atoms with van der Waals surface area (Å²) in [7, 11) is 0. The van der Waals surface area contributed by atoms with Crippen LogP contribution in [0.5, 0.6) is 0 Å². The van der Waals surface area contributed by atoms with Crippen LogP contribution in [0.2, 0.25) is 0 Å². The summed E-state index contributed by atoms with van der Waals surface area (Å²) in [4.78, 5) is 7.15. The van der Waals surface area contributed by atoms with E-state index in [4.69, 9.17) is 9.73 Å². The zero-order chi connectivity index (χ0) is 16.4. The molecular weight excluding hydrogens is 278 g/mol. The van der Waals surface area contributed by atoms with Crippen LogP contribution in [0.25, 0.3) is 0 Å². The van der Waals surface area contributed by atoms with Crippen molar-refractivity contribution in [1.29, 1.82) is 0 Å². The number of nitrogens with one attached hydrogen (secondary N) is 3. The van der Waals surface area contributed by atoms with Crippen molar-refractivity contribution in [3.05, 3.63) is 0 Å². The van der Waals surface area contributed by atoms with Gasteiger partial charge in [-0.1, -0.05) is 0 Å². The van der Waals surface area contributed by atoms with Gasteiger partial charge in [0, 0.05) is 44.3 Å². The molecular formula is C16H35N5O. The van der Waals surface area contributed by atoms with Crippen LogP contribution in [-0.4, -0.2) is 74.9 Å². The third kappa shape index (κ3) is 8.56. The van der Waals surface area contributed by atoms with Gasteiger partial charge in [0.2, 0.25) is 0 Å². The van der Waals surface area contributed by atoms with E-state index in [1.807, 2.05) is 0 Å². The first-order chi connectivity index (χ1) is 10.4. The smallest absolute Gasteiger partial charge is 0.191 e. The van der Waals surface area contributed by atoms with Crippen LogP contribution >= 0.6 is 0 Å². The van der Waals surface area contributed by atoms with Crippen molar-refractivity contribution in [1.82, 2.24) is 20.9 Å². The molecule has 6 nitrogen and oxygen atoms in total. The SMILES string of the molecule is CCNC(=NCC(C)N1CCOCC1)NCCNC(C)(C)C. The Hall–Kier alpha value is -0.850. The maximum atomic E-state index is 5.40. The van der Waals surface area contributed by atoms with E-state index in [1.165, 1.54) is 0 Å². The standard InChI is InChI=1S/C16H35N5O/c1-6-17-15(18-7-8-20-16(3,4)5)19-13-14(2)21-9-11-22-12-10-21/h14,20H,6-13H2,1-5H3,(H2,17,18,19). The number of morpholine rings is 1. The highest BCUT2D eigenvalue weighted by molar-refractivity contribution is 5.79. The zero-order valence-electron chi connectivity index (χ0n) is 15.0. The Morgan fingerprint density at radius 3 is 2.45 bits per heavy atom. The van der Waals surface area contributed by atoms with Gasteiger partial charge in [-0.3, -0.25) is 9.89 Å². The Bertz CT molecular complexity index is 321. The molecule has 1 fully saturated rings. The van der Waals surface area contributed by atoms with Gasteiger partial charge in [0.1, 0.15) is 0 Å². The molecule has 0 aromatic heterocycles. The molecule has 1 unspecified atom stereocenters. The number of nitrogens with zero attached hydrogens (tertiary/aromatic N) is 2. The lowest BCUT2D eigenvalue weighted by Gasteiger charge is -2.31. The van der Waals surface area contributed by atoms with E-state index >= 15 is 0 Å². The molecule has 22 heavy (non-hydrogen) atoms. The summed E-state index contributed by atoms with van der Waals surface area (Å²) in [6.45, 7) is 18.0. The van der Waals surface area contributed by atoms with Gasteiger partial charge in [-0.15, -0.1) is 0 Å². The largest absolute Gasteiger partial charge is 0.379 e. The lowest BCUT2D eigenvalue weighted by Crippen LogP contribution is -2.46. The average Bonchev–Trinajstić information content (AvgIpc) is 2.48. The minimum atomic E-state index is 0.155. The number of hydrogen-bond acceptors (Lipinski definition) is 4.